The Kier molecular flexibility index (Phi) is 4.09. The van der Waals surface area contributed by atoms with Crippen LogP contribution in [-0.4, -0.2) is 27.6 Å². The van der Waals surface area contributed by atoms with Gasteiger partial charge in [0, 0.05) is 30.9 Å². The summed E-state index contributed by atoms with van der Waals surface area (Å²) in [5.41, 5.74) is 0.930. The van der Waals surface area contributed by atoms with Gasteiger partial charge in [0.1, 0.15) is 12.4 Å². The number of carbonyl (C=O) groups excluding carboxylic acids is 1. The molecule has 0 N–H and O–H groups in total. The van der Waals surface area contributed by atoms with Gasteiger partial charge in [-0.3, -0.25) is 14.9 Å². The van der Waals surface area contributed by atoms with Crippen molar-refractivity contribution in [1.82, 2.24) is 9.55 Å². The van der Waals surface area contributed by atoms with E-state index in [9.17, 15) is 14.9 Å². The number of benzene rings is 1. The van der Waals surface area contributed by atoms with Crippen LogP contribution in [-0.2, 0) is 22.5 Å². The largest absolute Gasteiger partial charge is 0.468 e. The topological polar surface area (TPSA) is 87.3 Å². The average Bonchev–Trinajstić information content (AvgIpc) is 2.86. The van der Waals surface area contributed by atoms with Crippen molar-refractivity contribution < 1.29 is 14.5 Å². The molecule has 0 atom stereocenters. The SMILES string of the molecule is COC(=O)Cn1ccnc1Cc1ccc([N+](=O)[O-])cc1. The molecule has 20 heavy (non-hydrogen) atoms. The van der Waals surface area contributed by atoms with Gasteiger partial charge in [-0.2, -0.15) is 0 Å². The summed E-state index contributed by atoms with van der Waals surface area (Å²) in [5, 5.41) is 10.6. The lowest BCUT2D eigenvalue weighted by atomic mass is 10.1. The van der Waals surface area contributed by atoms with E-state index in [0.29, 0.717) is 12.2 Å². The minimum absolute atomic E-state index is 0.0478. The molecule has 0 spiro atoms. The van der Waals surface area contributed by atoms with Crippen molar-refractivity contribution in [3.05, 3.63) is 58.2 Å². The molecule has 7 nitrogen and oxygen atoms in total. The lowest BCUT2D eigenvalue weighted by molar-refractivity contribution is -0.384. The van der Waals surface area contributed by atoms with Gasteiger partial charge in [-0.25, -0.2) is 4.98 Å². The molecular weight excluding hydrogens is 262 g/mol. The number of non-ortho nitro benzene ring substituents is 1. The van der Waals surface area contributed by atoms with Crippen LogP contribution in [0.25, 0.3) is 0 Å². The van der Waals surface area contributed by atoms with Gasteiger partial charge in [-0.05, 0) is 5.56 Å². The van der Waals surface area contributed by atoms with E-state index in [1.807, 2.05) is 0 Å². The van der Waals surface area contributed by atoms with Gasteiger partial charge in [0.2, 0.25) is 0 Å². The van der Waals surface area contributed by atoms with Crippen LogP contribution in [0.2, 0.25) is 0 Å². The molecule has 0 amide bonds. The second-order valence-corrected chi connectivity index (χ2v) is 4.15. The summed E-state index contributed by atoms with van der Waals surface area (Å²) in [6, 6.07) is 6.25. The molecule has 0 aliphatic heterocycles. The van der Waals surface area contributed by atoms with Gasteiger partial charge in [0.25, 0.3) is 5.69 Å². The fraction of sp³-hybridized carbons (Fsp3) is 0.231. The Hall–Kier alpha value is -2.70. The highest BCUT2D eigenvalue weighted by Crippen LogP contribution is 2.14. The molecule has 0 fully saturated rings. The summed E-state index contributed by atoms with van der Waals surface area (Å²) in [6.45, 7) is 0.0960. The second-order valence-electron chi connectivity index (χ2n) is 4.15. The Morgan fingerprint density at radius 1 is 1.40 bits per heavy atom. The summed E-state index contributed by atoms with van der Waals surface area (Å²) in [4.78, 5) is 25.6. The van der Waals surface area contributed by atoms with E-state index in [1.165, 1.54) is 19.2 Å². The molecule has 0 aliphatic carbocycles. The van der Waals surface area contributed by atoms with E-state index in [2.05, 4.69) is 9.72 Å². The minimum atomic E-state index is -0.442. The first-order valence-corrected chi connectivity index (χ1v) is 5.90. The number of ether oxygens (including phenoxy) is 1. The van der Waals surface area contributed by atoms with Crippen molar-refractivity contribution in [2.45, 2.75) is 13.0 Å². The summed E-state index contributed by atoms with van der Waals surface area (Å²) >= 11 is 0. The fourth-order valence-corrected chi connectivity index (χ4v) is 1.77. The van der Waals surface area contributed by atoms with Crippen LogP contribution in [0.1, 0.15) is 11.4 Å². The number of imidazole rings is 1. The average molecular weight is 275 g/mol. The van der Waals surface area contributed by atoms with Crippen LogP contribution in [0.5, 0.6) is 0 Å². The molecule has 0 aliphatic rings. The number of hydrogen-bond donors (Lipinski definition) is 0. The maximum absolute atomic E-state index is 11.3. The second kappa shape index (κ2) is 5.96. The first kappa shape index (κ1) is 13.7. The zero-order valence-corrected chi connectivity index (χ0v) is 10.9. The van der Waals surface area contributed by atoms with E-state index in [-0.39, 0.29) is 18.2 Å². The monoisotopic (exact) mass is 275 g/mol. The molecule has 2 aromatic rings. The Labute approximate surface area is 115 Å². The normalized spacial score (nSPS) is 10.2. The minimum Gasteiger partial charge on any atom is -0.468 e. The molecule has 1 aromatic carbocycles. The lowest BCUT2D eigenvalue weighted by Gasteiger charge is -2.06. The Balaban J connectivity index is 2.12. The van der Waals surface area contributed by atoms with Crippen molar-refractivity contribution in [2.75, 3.05) is 7.11 Å². The molecule has 0 unspecified atom stereocenters. The molecular formula is C13H13N3O4. The van der Waals surface area contributed by atoms with Gasteiger partial charge in [-0.15, -0.1) is 0 Å². The number of hydrogen-bond acceptors (Lipinski definition) is 5. The predicted molar refractivity (Wildman–Crippen MR) is 70.1 cm³/mol. The van der Waals surface area contributed by atoms with Crippen molar-refractivity contribution >= 4 is 11.7 Å². The van der Waals surface area contributed by atoms with Crippen LogP contribution in [0, 0.1) is 10.1 Å². The third-order valence-electron chi connectivity index (χ3n) is 2.84. The van der Waals surface area contributed by atoms with E-state index < -0.39 is 4.92 Å². The molecule has 104 valence electrons. The number of nitro benzene ring substituents is 1. The number of esters is 1. The summed E-state index contributed by atoms with van der Waals surface area (Å²) < 4.78 is 6.30. The number of methoxy groups -OCH3 is 1. The van der Waals surface area contributed by atoms with Crippen LogP contribution < -0.4 is 0 Å². The third kappa shape index (κ3) is 3.19. The van der Waals surface area contributed by atoms with Crippen molar-refractivity contribution in [2.24, 2.45) is 0 Å². The molecule has 0 saturated carbocycles. The Bertz CT molecular complexity index is 619. The first-order valence-electron chi connectivity index (χ1n) is 5.90. The smallest absolute Gasteiger partial charge is 0.325 e. The zero-order valence-electron chi connectivity index (χ0n) is 10.9. The number of nitrogens with zero attached hydrogens (tertiary/aromatic N) is 3. The summed E-state index contributed by atoms with van der Waals surface area (Å²) in [6.07, 6.45) is 3.78. The van der Waals surface area contributed by atoms with E-state index >= 15 is 0 Å². The Morgan fingerprint density at radius 2 is 2.10 bits per heavy atom. The highest BCUT2D eigenvalue weighted by atomic mass is 16.6. The lowest BCUT2D eigenvalue weighted by Crippen LogP contribution is -2.13. The van der Waals surface area contributed by atoms with Gasteiger partial charge >= 0.3 is 5.97 Å². The van der Waals surface area contributed by atoms with Crippen molar-refractivity contribution in [3.63, 3.8) is 0 Å². The van der Waals surface area contributed by atoms with Gasteiger partial charge in [0.05, 0.1) is 12.0 Å². The fourth-order valence-electron chi connectivity index (χ4n) is 1.77. The first-order chi connectivity index (χ1) is 9.60. The molecule has 7 heteroatoms. The van der Waals surface area contributed by atoms with Crippen LogP contribution >= 0.6 is 0 Å². The maximum atomic E-state index is 11.3. The van der Waals surface area contributed by atoms with Crippen LogP contribution in [0.3, 0.4) is 0 Å². The molecule has 1 aromatic heterocycles. The maximum Gasteiger partial charge on any atom is 0.325 e. The quantitative estimate of drug-likeness (QED) is 0.469. The Morgan fingerprint density at radius 3 is 2.70 bits per heavy atom. The number of nitro groups is 1. The number of rotatable bonds is 5. The van der Waals surface area contributed by atoms with E-state index in [0.717, 1.165) is 5.56 Å². The summed E-state index contributed by atoms with van der Waals surface area (Å²) in [5.74, 6) is 0.345. The number of carbonyl (C=O) groups is 1. The molecule has 0 radical (unpaired) electrons. The molecule has 0 bridgehead atoms. The van der Waals surface area contributed by atoms with Gasteiger partial charge < -0.3 is 9.30 Å². The molecule has 1 heterocycles. The van der Waals surface area contributed by atoms with E-state index in [4.69, 9.17) is 0 Å². The number of aromatic nitrogens is 2. The molecule has 2 rings (SSSR count). The predicted octanol–water partition coefficient (Wildman–Crippen LogP) is 1.56. The third-order valence-corrected chi connectivity index (χ3v) is 2.84. The standard InChI is InChI=1S/C13H13N3O4/c1-20-13(17)9-15-7-6-14-12(15)8-10-2-4-11(5-3-10)16(18)19/h2-7H,8-9H2,1H3. The van der Waals surface area contributed by atoms with Gasteiger partial charge in [0.15, 0.2) is 0 Å². The van der Waals surface area contributed by atoms with Crippen LogP contribution in [0.4, 0.5) is 5.69 Å². The highest BCUT2D eigenvalue weighted by molar-refractivity contribution is 5.69. The zero-order chi connectivity index (χ0) is 14.5. The molecule has 0 saturated heterocycles. The summed E-state index contributed by atoms with van der Waals surface area (Å²) in [7, 11) is 1.33. The van der Waals surface area contributed by atoms with Crippen LogP contribution in [0.15, 0.2) is 36.7 Å². The highest BCUT2D eigenvalue weighted by Gasteiger charge is 2.09. The van der Waals surface area contributed by atoms with Gasteiger partial charge in [-0.1, -0.05) is 12.1 Å². The van der Waals surface area contributed by atoms with Crippen molar-refractivity contribution in [3.8, 4) is 0 Å². The van der Waals surface area contributed by atoms with E-state index in [1.54, 1.807) is 29.1 Å². The van der Waals surface area contributed by atoms with Crippen molar-refractivity contribution in [1.29, 1.82) is 0 Å².